The van der Waals surface area contributed by atoms with Crippen LogP contribution in [0.3, 0.4) is 0 Å². The predicted molar refractivity (Wildman–Crippen MR) is 115 cm³/mol. The fourth-order valence-electron chi connectivity index (χ4n) is 3.61. The van der Waals surface area contributed by atoms with Crippen LogP contribution in [-0.2, 0) is 14.3 Å². The molecule has 0 spiro atoms. The van der Waals surface area contributed by atoms with Gasteiger partial charge < -0.3 is 19.1 Å². The molecule has 1 aliphatic carbocycles. The van der Waals surface area contributed by atoms with Crippen molar-refractivity contribution < 1.29 is 28.6 Å². The van der Waals surface area contributed by atoms with E-state index in [1.165, 1.54) is 0 Å². The molecule has 0 saturated carbocycles. The quantitative estimate of drug-likeness (QED) is 0.406. The maximum atomic E-state index is 13.0. The average molecular weight is 438 g/mol. The molecule has 0 N–H and O–H groups in total. The summed E-state index contributed by atoms with van der Waals surface area (Å²) >= 11 is 0. The molecule has 1 aromatic carbocycles. The third-order valence-corrected chi connectivity index (χ3v) is 5.15. The van der Waals surface area contributed by atoms with Crippen molar-refractivity contribution in [2.45, 2.75) is 20.3 Å². The summed E-state index contributed by atoms with van der Waals surface area (Å²) in [6.45, 7) is 4.58. The molecule has 8 nitrogen and oxygen atoms in total. The number of Topliss-reactive ketones (excluding diaryl/α,β-unsaturated/α-hetero) is 2. The van der Waals surface area contributed by atoms with Gasteiger partial charge in [0.15, 0.2) is 18.2 Å². The van der Waals surface area contributed by atoms with Crippen molar-refractivity contribution in [3.63, 3.8) is 0 Å². The van der Waals surface area contributed by atoms with Gasteiger partial charge in [0.05, 0.1) is 37.3 Å². The number of hydrogen-bond donors (Lipinski definition) is 0. The normalized spacial score (nSPS) is 19.1. The molecule has 2 aliphatic rings. The zero-order valence-corrected chi connectivity index (χ0v) is 18.2. The second kappa shape index (κ2) is 10.6. The standard InChI is InChI=1S/C24H26N2O6/c1-3-9-31-22-10-18(32-15-23(28)30-4-2)7-8-19(22)21(27)14-26-12-17-6-5-16(11-25)24(29)20(17)13-26/h5-8,10,12,16,20H,3-4,9,13-15H2,1-2H3. The molecular weight excluding hydrogens is 412 g/mol. The van der Waals surface area contributed by atoms with Gasteiger partial charge in [0.2, 0.25) is 0 Å². The minimum atomic E-state index is -0.732. The van der Waals surface area contributed by atoms with E-state index in [0.717, 1.165) is 12.0 Å². The number of carbonyl (C=O) groups excluding carboxylic acids is 3. The smallest absolute Gasteiger partial charge is 0.344 e. The lowest BCUT2D eigenvalue weighted by Gasteiger charge is -2.20. The Balaban J connectivity index is 1.70. The van der Waals surface area contributed by atoms with E-state index < -0.39 is 11.9 Å². The van der Waals surface area contributed by atoms with Gasteiger partial charge >= 0.3 is 5.97 Å². The summed E-state index contributed by atoms with van der Waals surface area (Å²) in [5.41, 5.74) is 1.21. The molecule has 0 saturated heterocycles. The first-order valence-corrected chi connectivity index (χ1v) is 10.6. The van der Waals surface area contributed by atoms with Gasteiger partial charge in [-0.3, -0.25) is 9.59 Å². The van der Waals surface area contributed by atoms with E-state index in [-0.39, 0.29) is 37.2 Å². The molecule has 1 heterocycles. The third kappa shape index (κ3) is 5.35. The highest BCUT2D eigenvalue weighted by Gasteiger charge is 2.36. The van der Waals surface area contributed by atoms with E-state index >= 15 is 0 Å². The second-order valence-electron chi connectivity index (χ2n) is 7.50. The van der Waals surface area contributed by atoms with Crippen molar-refractivity contribution in [3.8, 4) is 17.6 Å². The Morgan fingerprint density at radius 1 is 1.25 bits per heavy atom. The number of nitriles is 1. The monoisotopic (exact) mass is 438 g/mol. The average Bonchev–Trinajstić information content (AvgIpc) is 3.20. The van der Waals surface area contributed by atoms with Crippen LogP contribution in [0.5, 0.6) is 11.5 Å². The number of carbonyl (C=O) groups is 3. The third-order valence-electron chi connectivity index (χ3n) is 5.15. The van der Waals surface area contributed by atoms with E-state index in [9.17, 15) is 14.4 Å². The van der Waals surface area contributed by atoms with Crippen molar-refractivity contribution in [2.75, 3.05) is 32.9 Å². The van der Waals surface area contributed by atoms with Crippen LogP contribution < -0.4 is 9.47 Å². The van der Waals surface area contributed by atoms with Crippen LogP contribution in [0.4, 0.5) is 0 Å². The zero-order valence-electron chi connectivity index (χ0n) is 18.2. The Hall–Kier alpha value is -3.60. The van der Waals surface area contributed by atoms with Crippen LogP contribution >= 0.6 is 0 Å². The summed E-state index contributed by atoms with van der Waals surface area (Å²) in [5, 5.41) is 9.10. The Bertz CT molecular complexity index is 991. The van der Waals surface area contributed by atoms with Gasteiger partial charge in [-0.15, -0.1) is 0 Å². The molecule has 8 heteroatoms. The number of allylic oxidation sites excluding steroid dienone is 2. The predicted octanol–water partition coefficient (Wildman–Crippen LogP) is 2.69. The molecular formula is C24H26N2O6. The van der Waals surface area contributed by atoms with Gasteiger partial charge in [-0.1, -0.05) is 19.1 Å². The lowest BCUT2D eigenvalue weighted by Crippen LogP contribution is -2.32. The van der Waals surface area contributed by atoms with E-state index in [4.69, 9.17) is 19.5 Å². The number of nitrogens with zero attached hydrogens (tertiary/aromatic N) is 2. The minimum absolute atomic E-state index is 0.0733. The molecule has 1 aliphatic heterocycles. The Kier molecular flexibility index (Phi) is 7.66. The van der Waals surface area contributed by atoms with E-state index in [1.54, 1.807) is 48.4 Å². The topological polar surface area (TPSA) is 106 Å². The summed E-state index contributed by atoms with van der Waals surface area (Å²) in [6.07, 6.45) is 5.95. The van der Waals surface area contributed by atoms with Crippen LogP contribution in [0.25, 0.3) is 0 Å². The molecule has 1 aromatic rings. The highest BCUT2D eigenvalue weighted by molar-refractivity contribution is 6.00. The van der Waals surface area contributed by atoms with Crippen LogP contribution in [0.15, 0.2) is 42.1 Å². The molecule has 168 valence electrons. The number of fused-ring (bicyclic) bond motifs is 1. The molecule has 0 radical (unpaired) electrons. The van der Waals surface area contributed by atoms with E-state index in [1.807, 2.05) is 13.0 Å². The maximum Gasteiger partial charge on any atom is 0.344 e. The first-order chi connectivity index (χ1) is 15.5. The minimum Gasteiger partial charge on any atom is -0.493 e. The Morgan fingerprint density at radius 3 is 2.78 bits per heavy atom. The summed E-state index contributed by atoms with van der Waals surface area (Å²) in [6, 6.07) is 6.81. The van der Waals surface area contributed by atoms with E-state index in [2.05, 4.69) is 0 Å². The van der Waals surface area contributed by atoms with Crippen molar-refractivity contribution in [1.29, 1.82) is 5.26 Å². The molecule has 3 rings (SSSR count). The first-order valence-electron chi connectivity index (χ1n) is 10.6. The van der Waals surface area contributed by atoms with Crippen molar-refractivity contribution in [1.82, 2.24) is 4.90 Å². The number of esters is 1. The Morgan fingerprint density at radius 2 is 2.06 bits per heavy atom. The van der Waals surface area contributed by atoms with Crippen LogP contribution in [0.2, 0.25) is 0 Å². The van der Waals surface area contributed by atoms with Crippen LogP contribution in [0, 0.1) is 23.2 Å². The summed E-state index contributed by atoms with van der Waals surface area (Å²) in [5.74, 6) is -1.12. The summed E-state index contributed by atoms with van der Waals surface area (Å²) < 4.78 is 16.1. The number of ether oxygens (including phenoxy) is 3. The lowest BCUT2D eigenvalue weighted by molar-refractivity contribution is -0.145. The highest BCUT2D eigenvalue weighted by atomic mass is 16.6. The highest BCUT2D eigenvalue weighted by Crippen LogP contribution is 2.32. The van der Waals surface area contributed by atoms with Gasteiger partial charge in [-0.2, -0.15) is 5.26 Å². The van der Waals surface area contributed by atoms with Crippen molar-refractivity contribution >= 4 is 17.5 Å². The maximum absolute atomic E-state index is 13.0. The van der Waals surface area contributed by atoms with Gasteiger partial charge in [0.1, 0.15) is 17.4 Å². The Labute approximate surface area is 187 Å². The van der Waals surface area contributed by atoms with Crippen LogP contribution in [0.1, 0.15) is 30.6 Å². The van der Waals surface area contributed by atoms with Gasteiger partial charge in [-0.25, -0.2) is 4.79 Å². The van der Waals surface area contributed by atoms with Gasteiger partial charge in [0, 0.05) is 18.8 Å². The summed E-state index contributed by atoms with van der Waals surface area (Å²) in [7, 11) is 0. The first kappa shape index (κ1) is 23.1. The number of rotatable bonds is 10. The van der Waals surface area contributed by atoms with Crippen LogP contribution in [-0.4, -0.2) is 55.3 Å². The molecule has 0 aromatic heterocycles. The molecule has 0 bridgehead atoms. The summed E-state index contributed by atoms with van der Waals surface area (Å²) in [4.78, 5) is 38.8. The molecule has 0 amide bonds. The number of benzene rings is 1. The fraction of sp³-hybridized carbons (Fsp3) is 0.417. The van der Waals surface area contributed by atoms with Crippen molar-refractivity contribution in [3.05, 3.63) is 47.7 Å². The molecule has 2 atom stereocenters. The fourth-order valence-corrected chi connectivity index (χ4v) is 3.61. The van der Waals surface area contributed by atoms with Gasteiger partial charge in [-0.05, 0) is 31.1 Å². The lowest BCUT2D eigenvalue weighted by atomic mass is 9.84. The van der Waals surface area contributed by atoms with E-state index in [0.29, 0.717) is 30.2 Å². The largest absolute Gasteiger partial charge is 0.493 e. The molecule has 0 fully saturated rings. The second-order valence-corrected chi connectivity index (χ2v) is 7.50. The molecule has 2 unspecified atom stereocenters. The zero-order chi connectivity index (χ0) is 23.1. The van der Waals surface area contributed by atoms with Crippen molar-refractivity contribution in [2.24, 2.45) is 11.8 Å². The molecule has 32 heavy (non-hydrogen) atoms. The number of ketones is 2. The SMILES string of the molecule is CCCOc1cc(OCC(=O)OCC)ccc1C(=O)CN1C=C2C=CC(C#N)C(=O)C2C1. The number of hydrogen-bond acceptors (Lipinski definition) is 8. The van der Waals surface area contributed by atoms with Gasteiger partial charge in [0.25, 0.3) is 0 Å².